The second-order valence-corrected chi connectivity index (χ2v) is 29.4. The topological polar surface area (TPSA) is 0 Å². The third-order valence-corrected chi connectivity index (χ3v) is 26.8. The van der Waals surface area contributed by atoms with Gasteiger partial charge in [-0.3, -0.25) is 0 Å². The minimum atomic E-state index is -2.25. The summed E-state index contributed by atoms with van der Waals surface area (Å²) in [4.78, 5) is 0. The van der Waals surface area contributed by atoms with Gasteiger partial charge in [-0.05, 0) is 0 Å². The quantitative estimate of drug-likeness (QED) is 0.179. The Bertz CT molecular complexity index is 1530. The van der Waals surface area contributed by atoms with Gasteiger partial charge in [0.2, 0.25) is 0 Å². The molecule has 0 nitrogen and oxygen atoms in total. The van der Waals surface area contributed by atoms with Crippen LogP contribution in [0.15, 0.2) is 121 Å². The second kappa shape index (κ2) is 10.6. The molecule has 2 aromatic carbocycles. The van der Waals surface area contributed by atoms with Crippen LogP contribution in [-0.4, -0.2) is 5.92 Å². The van der Waals surface area contributed by atoms with E-state index in [1.54, 1.807) is 6.54 Å². The zero-order valence-corrected chi connectivity index (χ0v) is 26.2. The summed E-state index contributed by atoms with van der Waals surface area (Å²) in [5, 5.41) is 0. The summed E-state index contributed by atoms with van der Waals surface area (Å²) in [5.74, 6) is -0.974. The van der Waals surface area contributed by atoms with E-state index in [9.17, 15) is 0 Å². The van der Waals surface area contributed by atoms with Crippen molar-refractivity contribution in [2.75, 3.05) is 0 Å². The first-order valence-corrected chi connectivity index (χ1v) is 23.2. The predicted octanol–water partition coefficient (Wildman–Crippen LogP) is 8.40. The molecule has 2 heteroatoms. The summed E-state index contributed by atoms with van der Waals surface area (Å²) in [6.45, 7) is 9.95. The maximum atomic E-state index is 2.60. The molecular weight excluding hydrogens is 552 g/mol. The van der Waals surface area contributed by atoms with E-state index in [1.165, 1.54) is 55.6 Å². The van der Waals surface area contributed by atoms with Gasteiger partial charge >= 0.3 is 237 Å². The number of fused-ring (bicyclic) bond motifs is 2. The molecule has 4 aliphatic carbocycles. The Morgan fingerprint density at radius 1 is 0.421 bits per heavy atom. The molecule has 0 heterocycles. The van der Waals surface area contributed by atoms with Gasteiger partial charge < -0.3 is 0 Å². The number of hydrogen-bond acceptors (Lipinski definition) is 0. The number of hydrogen-bond donors (Lipinski definition) is 0. The molecule has 0 fully saturated rings. The van der Waals surface area contributed by atoms with E-state index in [1.807, 2.05) is 0 Å². The average molecular weight is 585 g/mol. The van der Waals surface area contributed by atoms with Crippen LogP contribution in [0.3, 0.4) is 0 Å². The van der Waals surface area contributed by atoms with E-state index in [0.29, 0.717) is 0 Å². The van der Waals surface area contributed by atoms with Crippen LogP contribution in [0.1, 0.15) is 11.1 Å². The van der Waals surface area contributed by atoms with Gasteiger partial charge in [0.25, 0.3) is 0 Å². The summed E-state index contributed by atoms with van der Waals surface area (Å²) in [6.07, 6.45) is 0. The first-order valence-electron chi connectivity index (χ1n) is 13.6. The van der Waals surface area contributed by atoms with E-state index in [-0.39, 0.29) is 0 Å². The molecule has 0 spiro atoms. The summed E-state index contributed by atoms with van der Waals surface area (Å²) in [5.41, 5.74) is 14.1. The van der Waals surface area contributed by atoms with Gasteiger partial charge in [0.05, 0.1) is 0 Å². The van der Waals surface area contributed by atoms with Crippen molar-refractivity contribution >= 4 is 12.5 Å². The fourth-order valence-electron chi connectivity index (χ4n) is 6.16. The van der Waals surface area contributed by atoms with Crippen molar-refractivity contribution in [2.24, 2.45) is 0 Å². The van der Waals surface area contributed by atoms with Crippen molar-refractivity contribution in [1.82, 2.24) is 0 Å². The monoisotopic (exact) mass is 583 g/mol. The third-order valence-electron chi connectivity index (χ3n) is 7.77. The molecule has 185 valence electrons. The van der Waals surface area contributed by atoms with Gasteiger partial charge in [-0.15, -0.1) is 0 Å². The summed E-state index contributed by atoms with van der Waals surface area (Å²) in [6, 6.07) is 45.1. The Kier molecular flexibility index (Phi) is 7.04. The van der Waals surface area contributed by atoms with Crippen molar-refractivity contribution in [1.29, 1.82) is 0 Å². The van der Waals surface area contributed by atoms with Gasteiger partial charge in [0, 0.05) is 0 Å². The Morgan fingerprint density at radius 3 is 1.13 bits per heavy atom. The van der Waals surface area contributed by atoms with Crippen LogP contribution < -0.4 is 6.54 Å². The van der Waals surface area contributed by atoms with Crippen LogP contribution in [-0.2, 0) is 20.9 Å². The van der Waals surface area contributed by atoms with Crippen molar-refractivity contribution in [3.63, 3.8) is 0 Å². The van der Waals surface area contributed by atoms with Crippen molar-refractivity contribution < 1.29 is 20.9 Å². The van der Waals surface area contributed by atoms with E-state index in [4.69, 9.17) is 0 Å². The fourth-order valence-corrected chi connectivity index (χ4v) is 25.9. The molecule has 4 aliphatic rings. The first-order chi connectivity index (χ1) is 18.5. The first kappa shape index (κ1) is 25.2. The Labute approximate surface area is 235 Å². The van der Waals surface area contributed by atoms with Gasteiger partial charge in [-0.25, -0.2) is 0 Å². The van der Waals surface area contributed by atoms with Gasteiger partial charge in [0.15, 0.2) is 0 Å². The fraction of sp³-hybridized carbons (Fsp3) is 0.111. The second-order valence-electron chi connectivity index (χ2n) is 10.6. The van der Waals surface area contributed by atoms with Gasteiger partial charge in [-0.2, -0.15) is 0 Å². The van der Waals surface area contributed by atoms with E-state index in [2.05, 4.69) is 148 Å². The molecule has 0 saturated heterocycles. The number of benzene rings is 2. The van der Waals surface area contributed by atoms with E-state index in [0.717, 1.165) is 0 Å². The molecule has 6 rings (SSSR count). The molecule has 0 amide bonds. The molecule has 38 heavy (non-hydrogen) atoms. The summed E-state index contributed by atoms with van der Waals surface area (Å²) in [7, 11) is 0. The molecule has 0 bridgehead atoms. The van der Waals surface area contributed by atoms with Crippen molar-refractivity contribution in [2.45, 2.75) is 26.9 Å². The number of aryl methyl sites for hydroxylation is 2. The zero-order valence-electron chi connectivity index (χ0n) is 22.6. The molecule has 0 aromatic heterocycles. The number of rotatable bonds is 5. The van der Waals surface area contributed by atoms with Crippen LogP contribution in [0.4, 0.5) is 0 Å². The van der Waals surface area contributed by atoms with Gasteiger partial charge in [-0.1, -0.05) is 0 Å². The maximum absolute atomic E-state index is 2.60. The SMILES string of the molecule is Cc1cc2c(-c3ccccc3)ccccc-2[c]1[Zr]([c]1c(C)cc2c(-c3ccccc3)ccccc1-2)[SiH](C)C. The summed E-state index contributed by atoms with van der Waals surface area (Å²) >= 11 is -2.25. The molecule has 0 radical (unpaired) electrons. The normalized spacial score (nSPS) is 11.4. The molecular formula is C36H33SiZr. The van der Waals surface area contributed by atoms with Crippen LogP contribution in [0.5, 0.6) is 0 Å². The molecule has 0 N–H and O–H groups in total. The molecule has 0 aliphatic heterocycles. The Balaban J connectivity index is 1.56. The molecule has 0 atom stereocenters. The van der Waals surface area contributed by atoms with Crippen LogP contribution in [0.2, 0.25) is 13.1 Å². The molecule has 0 unspecified atom stereocenters. The average Bonchev–Trinajstić information content (AvgIpc) is 3.21. The summed E-state index contributed by atoms with van der Waals surface area (Å²) < 4.78 is 3.45. The zero-order chi connectivity index (χ0) is 26.2. The predicted molar refractivity (Wildman–Crippen MR) is 165 cm³/mol. The van der Waals surface area contributed by atoms with Crippen LogP contribution in [0.25, 0.3) is 44.5 Å². The van der Waals surface area contributed by atoms with Gasteiger partial charge in [0.1, 0.15) is 0 Å². The van der Waals surface area contributed by atoms with E-state index >= 15 is 0 Å². The van der Waals surface area contributed by atoms with Crippen LogP contribution in [0, 0.1) is 13.8 Å². The van der Waals surface area contributed by atoms with E-state index < -0.39 is 26.8 Å². The van der Waals surface area contributed by atoms with Crippen LogP contribution >= 0.6 is 0 Å². The minimum absolute atomic E-state index is 0.974. The molecule has 2 aromatic rings. The van der Waals surface area contributed by atoms with Crippen molar-refractivity contribution in [3.8, 4) is 44.5 Å². The Morgan fingerprint density at radius 2 is 0.763 bits per heavy atom. The third kappa shape index (κ3) is 4.45. The standard InChI is InChI=1S/2C17H13.C2H7Si.Zr/c2*1-13-11-15-9-5-6-10-16(17(15)12-13)14-7-3-2-4-8-14;1-3-2;/h2*2-10,12H,1H3;3H,1-2H3;. The van der Waals surface area contributed by atoms with Crippen molar-refractivity contribution in [3.05, 3.63) is 132 Å². The Hall–Kier alpha value is -3.06. The molecule has 0 saturated carbocycles.